The average Bonchev–Trinajstić information content (AvgIpc) is 3.43. The first-order chi connectivity index (χ1) is 21.3. The van der Waals surface area contributed by atoms with Crippen molar-refractivity contribution in [3.05, 3.63) is 152 Å². The van der Waals surface area contributed by atoms with Crippen molar-refractivity contribution in [3.63, 3.8) is 0 Å². The summed E-state index contributed by atoms with van der Waals surface area (Å²) in [6.07, 6.45) is 0. The maximum absolute atomic E-state index is 5.29. The number of benzene rings is 6. The third kappa shape index (κ3) is 3.68. The van der Waals surface area contributed by atoms with Crippen molar-refractivity contribution in [2.75, 3.05) is 0 Å². The van der Waals surface area contributed by atoms with Crippen LogP contribution in [0.3, 0.4) is 0 Å². The normalized spacial score (nSPS) is 11.7. The summed E-state index contributed by atoms with van der Waals surface area (Å²) in [4.78, 5) is 10.2. The van der Waals surface area contributed by atoms with Gasteiger partial charge in [0.15, 0.2) is 0 Å². The number of pyridine rings is 2. The molecule has 200 valence electrons. The Morgan fingerprint density at radius 3 is 1.98 bits per heavy atom. The van der Waals surface area contributed by atoms with E-state index in [1.165, 1.54) is 32.6 Å². The molecule has 0 unspecified atom stereocenters. The van der Waals surface area contributed by atoms with Crippen molar-refractivity contribution in [3.8, 4) is 28.2 Å². The summed E-state index contributed by atoms with van der Waals surface area (Å²) in [6, 6.07) is 53.6. The third-order valence-corrected chi connectivity index (χ3v) is 8.57. The van der Waals surface area contributed by atoms with E-state index >= 15 is 0 Å². The highest BCUT2D eigenvalue weighted by atomic mass is 15.0. The Hall–Kier alpha value is -5.80. The van der Waals surface area contributed by atoms with Gasteiger partial charge in [0.1, 0.15) is 0 Å². The van der Waals surface area contributed by atoms with Crippen molar-refractivity contribution < 1.29 is 0 Å². The molecule has 9 aromatic rings. The second-order valence-corrected chi connectivity index (χ2v) is 11.0. The van der Waals surface area contributed by atoms with Gasteiger partial charge in [0.2, 0.25) is 0 Å². The van der Waals surface area contributed by atoms with Crippen LogP contribution in [0.15, 0.2) is 152 Å². The maximum Gasteiger partial charge on any atom is 0.0809 e. The van der Waals surface area contributed by atoms with Crippen LogP contribution in [-0.2, 0) is 0 Å². The number of hydrogen-bond donors (Lipinski definition) is 0. The molecule has 0 aliphatic rings. The summed E-state index contributed by atoms with van der Waals surface area (Å²) < 4.78 is 2.41. The summed E-state index contributed by atoms with van der Waals surface area (Å²) in [5.74, 6) is 0. The lowest BCUT2D eigenvalue weighted by Crippen LogP contribution is -1.97. The molecule has 0 bridgehead atoms. The van der Waals surface area contributed by atoms with Crippen molar-refractivity contribution in [2.45, 2.75) is 0 Å². The van der Waals surface area contributed by atoms with E-state index in [4.69, 9.17) is 9.97 Å². The number of aromatic nitrogens is 3. The van der Waals surface area contributed by atoms with Gasteiger partial charge in [0.25, 0.3) is 0 Å². The predicted molar refractivity (Wildman–Crippen MR) is 180 cm³/mol. The third-order valence-electron chi connectivity index (χ3n) is 8.57. The highest BCUT2D eigenvalue weighted by molar-refractivity contribution is 6.25. The number of rotatable bonds is 3. The van der Waals surface area contributed by atoms with Crippen molar-refractivity contribution in [2.24, 2.45) is 0 Å². The van der Waals surface area contributed by atoms with E-state index in [1.807, 2.05) is 6.07 Å². The van der Waals surface area contributed by atoms with Crippen LogP contribution in [0.25, 0.3) is 82.6 Å². The zero-order valence-corrected chi connectivity index (χ0v) is 23.3. The van der Waals surface area contributed by atoms with Gasteiger partial charge in [-0.1, -0.05) is 115 Å². The van der Waals surface area contributed by atoms with E-state index in [1.54, 1.807) is 0 Å². The quantitative estimate of drug-likeness (QED) is 0.206. The predicted octanol–water partition coefficient (Wildman–Crippen LogP) is 10.4. The molecule has 0 atom stereocenters. The minimum atomic E-state index is 0.972. The summed E-state index contributed by atoms with van der Waals surface area (Å²) >= 11 is 0. The summed E-state index contributed by atoms with van der Waals surface area (Å²) in [7, 11) is 0. The van der Waals surface area contributed by atoms with Crippen LogP contribution >= 0.6 is 0 Å². The van der Waals surface area contributed by atoms with E-state index in [-0.39, 0.29) is 0 Å². The average molecular weight is 548 g/mol. The Kier molecular flexibility index (Phi) is 5.20. The van der Waals surface area contributed by atoms with Gasteiger partial charge in [-0.25, -0.2) is 9.97 Å². The lowest BCUT2D eigenvalue weighted by Gasteiger charge is -2.15. The van der Waals surface area contributed by atoms with Gasteiger partial charge in [-0.2, -0.15) is 0 Å². The van der Waals surface area contributed by atoms with E-state index in [0.717, 1.165) is 50.0 Å². The molecule has 0 fully saturated rings. The number of hydrogen-bond acceptors (Lipinski definition) is 2. The minimum Gasteiger partial charge on any atom is -0.309 e. The number of fused-ring (bicyclic) bond motifs is 8. The first-order valence-corrected chi connectivity index (χ1v) is 14.6. The van der Waals surface area contributed by atoms with E-state index in [9.17, 15) is 0 Å². The second-order valence-electron chi connectivity index (χ2n) is 11.0. The van der Waals surface area contributed by atoms with Crippen molar-refractivity contribution >= 4 is 54.4 Å². The van der Waals surface area contributed by atoms with Gasteiger partial charge in [0, 0.05) is 43.7 Å². The molecule has 3 heterocycles. The molecule has 0 spiro atoms. The molecule has 3 heteroatoms. The Morgan fingerprint density at radius 2 is 1.12 bits per heavy atom. The molecule has 0 radical (unpaired) electrons. The summed E-state index contributed by atoms with van der Waals surface area (Å²) in [5, 5.41) is 7.13. The first-order valence-electron chi connectivity index (χ1n) is 14.6. The molecular weight excluding hydrogens is 522 g/mol. The molecule has 9 rings (SSSR count). The molecule has 0 N–H and O–H groups in total. The Labute approximate surface area is 248 Å². The van der Waals surface area contributed by atoms with Crippen molar-refractivity contribution in [1.82, 2.24) is 14.5 Å². The zero-order valence-electron chi connectivity index (χ0n) is 23.3. The minimum absolute atomic E-state index is 0.972. The van der Waals surface area contributed by atoms with Crippen LogP contribution in [0.1, 0.15) is 0 Å². The van der Waals surface area contributed by atoms with E-state index in [0.29, 0.717) is 0 Å². The Balaban J connectivity index is 1.35. The van der Waals surface area contributed by atoms with Crippen LogP contribution < -0.4 is 0 Å². The largest absolute Gasteiger partial charge is 0.309 e. The number of para-hydroxylation sites is 3. The smallest absolute Gasteiger partial charge is 0.0809 e. The molecule has 3 nitrogen and oxygen atoms in total. The fourth-order valence-electron chi connectivity index (χ4n) is 6.58. The Morgan fingerprint density at radius 1 is 0.419 bits per heavy atom. The molecule has 0 saturated heterocycles. The highest BCUT2D eigenvalue weighted by Crippen LogP contribution is 2.42. The van der Waals surface area contributed by atoms with E-state index < -0.39 is 0 Å². The molecule has 0 amide bonds. The SMILES string of the molecule is c1ccc(-c2nc3ccccc3c3ccc4c5ccccc5n(-c5ccc(-c6ccc7ccccc7n6)cc5)c4c23)cc1. The van der Waals surface area contributed by atoms with Crippen LogP contribution in [0.5, 0.6) is 0 Å². The fraction of sp³-hybridized carbons (Fsp3) is 0. The molecule has 6 aromatic carbocycles. The van der Waals surface area contributed by atoms with Gasteiger partial charge in [-0.15, -0.1) is 0 Å². The topological polar surface area (TPSA) is 30.7 Å². The fourth-order valence-corrected chi connectivity index (χ4v) is 6.58. The molecule has 0 aliphatic heterocycles. The van der Waals surface area contributed by atoms with Gasteiger partial charge in [-0.3, -0.25) is 0 Å². The maximum atomic E-state index is 5.29. The number of nitrogens with zero attached hydrogens (tertiary/aromatic N) is 3. The molecule has 0 aliphatic carbocycles. The molecular formula is C40H25N3. The van der Waals surface area contributed by atoms with Crippen LogP contribution in [-0.4, -0.2) is 14.5 Å². The van der Waals surface area contributed by atoms with Crippen LogP contribution in [0.2, 0.25) is 0 Å². The highest BCUT2D eigenvalue weighted by Gasteiger charge is 2.20. The standard InChI is InChI=1S/C40H25N3/c1-2-11-28(12-3-1)39-38-32(30-13-5-8-16-36(30)42-39)23-24-33-31-14-6-9-17-37(31)43(40(33)38)29-21-18-27(19-22-29)35-25-20-26-10-4-7-15-34(26)41-35/h1-25H. The Bertz CT molecular complexity index is 2490. The molecule has 3 aromatic heterocycles. The summed E-state index contributed by atoms with van der Waals surface area (Å²) in [6.45, 7) is 0. The van der Waals surface area contributed by atoms with Gasteiger partial charge in [-0.05, 0) is 41.8 Å². The summed E-state index contributed by atoms with van der Waals surface area (Å²) in [5.41, 5.74) is 9.64. The molecule has 43 heavy (non-hydrogen) atoms. The molecule has 0 saturated carbocycles. The van der Waals surface area contributed by atoms with Gasteiger partial charge < -0.3 is 4.57 Å². The zero-order chi connectivity index (χ0) is 28.3. The monoisotopic (exact) mass is 547 g/mol. The lowest BCUT2D eigenvalue weighted by molar-refractivity contribution is 1.18. The van der Waals surface area contributed by atoms with E-state index in [2.05, 4.69) is 150 Å². The second kappa shape index (κ2) is 9.37. The van der Waals surface area contributed by atoms with Gasteiger partial charge in [0.05, 0.1) is 33.5 Å². The lowest BCUT2D eigenvalue weighted by atomic mass is 9.97. The van der Waals surface area contributed by atoms with Crippen molar-refractivity contribution in [1.29, 1.82) is 0 Å². The van der Waals surface area contributed by atoms with Gasteiger partial charge >= 0.3 is 0 Å². The first kappa shape index (κ1) is 23.9. The van der Waals surface area contributed by atoms with Crippen LogP contribution in [0, 0.1) is 0 Å². The van der Waals surface area contributed by atoms with Crippen LogP contribution in [0.4, 0.5) is 0 Å².